The average molecular weight is 237 g/mol. The Kier molecular flexibility index (Phi) is 3.92. The van der Waals surface area contributed by atoms with Crippen LogP contribution in [0.2, 0.25) is 0 Å². The lowest BCUT2D eigenvalue weighted by atomic mass is 10.1. The molecule has 0 radical (unpaired) electrons. The van der Waals surface area contributed by atoms with Crippen LogP contribution >= 0.6 is 0 Å². The van der Waals surface area contributed by atoms with E-state index in [0.717, 1.165) is 11.3 Å². The Hall–Kier alpha value is -2.35. The van der Waals surface area contributed by atoms with Gasteiger partial charge >= 0.3 is 0 Å². The predicted molar refractivity (Wildman–Crippen MR) is 74.3 cm³/mol. The van der Waals surface area contributed by atoms with Gasteiger partial charge in [-0.1, -0.05) is 60.7 Å². The third kappa shape index (κ3) is 2.86. The maximum Gasteiger partial charge on any atom is 0.187 e. The van der Waals surface area contributed by atoms with E-state index in [4.69, 9.17) is 0 Å². The van der Waals surface area contributed by atoms with Crippen molar-refractivity contribution in [3.63, 3.8) is 0 Å². The highest BCUT2D eigenvalue weighted by molar-refractivity contribution is 6.08. The molecule has 0 aliphatic heterocycles. The van der Waals surface area contributed by atoms with Crippen LogP contribution in [0.1, 0.15) is 15.9 Å². The Balaban J connectivity index is 2.29. The van der Waals surface area contributed by atoms with Gasteiger partial charge in [0.25, 0.3) is 0 Å². The van der Waals surface area contributed by atoms with E-state index in [0.29, 0.717) is 5.56 Å². The third-order valence-corrected chi connectivity index (χ3v) is 2.69. The number of rotatable bonds is 4. The largest absolute Gasteiger partial charge is 0.388 e. The van der Waals surface area contributed by atoms with Crippen LogP contribution in [0, 0.1) is 0 Å². The molecule has 0 heterocycles. The minimum atomic E-state index is 0.00352. The third-order valence-electron chi connectivity index (χ3n) is 2.69. The zero-order chi connectivity index (χ0) is 12.8. The first-order valence-electron chi connectivity index (χ1n) is 5.85. The summed E-state index contributed by atoms with van der Waals surface area (Å²) in [6.07, 6.45) is 1.63. The standard InChI is InChI=1S/C16H15NO/c1-17-15(13-8-4-2-5-9-13)12-16(18)14-10-6-3-7-11-14/h2-12,17H,1H3/b15-12+. The zero-order valence-electron chi connectivity index (χ0n) is 10.3. The summed E-state index contributed by atoms with van der Waals surface area (Å²) in [6.45, 7) is 0. The molecule has 2 rings (SSSR count). The molecule has 0 bridgehead atoms. The molecule has 2 aromatic rings. The molecular weight excluding hydrogens is 222 g/mol. The highest BCUT2D eigenvalue weighted by Crippen LogP contribution is 2.12. The summed E-state index contributed by atoms with van der Waals surface area (Å²) >= 11 is 0. The Bertz CT molecular complexity index is 544. The van der Waals surface area contributed by atoms with E-state index in [2.05, 4.69) is 5.32 Å². The van der Waals surface area contributed by atoms with Gasteiger partial charge in [-0.3, -0.25) is 4.79 Å². The maximum absolute atomic E-state index is 12.1. The van der Waals surface area contributed by atoms with Crippen LogP contribution in [0.4, 0.5) is 0 Å². The number of carbonyl (C=O) groups is 1. The predicted octanol–water partition coefficient (Wildman–Crippen LogP) is 3.13. The van der Waals surface area contributed by atoms with Crippen LogP contribution in [0.5, 0.6) is 0 Å². The van der Waals surface area contributed by atoms with Gasteiger partial charge < -0.3 is 5.32 Å². The van der Waals surface area contributed by atoms with Gasteiger partial charge in [0, 0.05) is 24.4 Å². The van der Waals surface area contributed by atoms with Gasteiger partial charge in [-0.2, -0.15) is 0 Å². The monoisotopic (exact) mass is 237 g/mol. The molecule has 0 saturated heterocycles. The van der Waals surface area contributed by atoms with Crippen molar-refractivity contribution in [2.75, 3.05) is 7.05 Å². The van der Waals surface area contributed by atoms with Crippen LogP contribution in [0.3, 0.4) is 0 Å². The van der Waals surface area contributed by atoms with E-state index in [1.165, 1.54) is 0 Å². The smallest absolute Gasteiger partial charge is 0.187 e. The van der Waals surface area contributed by atoms with E-state index in [-0.39, 0.29) is 5.78 Å². The quantitative estimate of drug-likeness (QED) is 0.654. The van der Waals surface area contributed by atoms with E-state index in [1.54, 1.807) is 6.08 Å². The number of carbonyl (C=O) groups excluding carboxylic acids is 1. The minimum Gasteiger partial charge on any atom is -0.388 e. The second-order valence-electron chi connectivity index (χ2n) is 3.90. The second kappa shape index (κ2) is 5.82. The molecule has 2 heteroatoms. The number of hydrogen-bond acceptors (Lipinski definition) is 2. The van der Waals surface area contributed by atoms with Gasteiger partial charge in [-0.15, -0.1) is 0 Å². The molecule has 0 saturated carbocycles. The summed E-state index contributed by atoms with van der Waals surface area (Å²) in [6, 6.07) is 19.1. The molecule has 90 valence electrons. The van der Waals surface area contributed by atoms with Gasteiger partial charge in [0.2, 0.25) is 0 Å². The van der Waals surface area contributed by atoms with Crippen LogP contribution in [0.25, 0.3) is 5.70 Å². The van der Waals surface area contributed by atoms with Gasteiger partial charge in [0.15, 0.2) is 5.78 Å². The fraction of sp³-hybridized carbons (Fsp3) is 0.0625. The summed E-state index contributed by atoms with van der Waals surface area (Å²) in [5, 5.41) is 3.06. The Labute approximate surface area is 107 Å². The topological polar surface area (TPSA) is 29.1 Å². The van der Waals surface area contributed by atoms with Crippen molar-refractivity contribution in [2.45, 2.75) is 0 Å². The van der Waals surface area contributed by atoms with Crippen LogP contribution in [-0.4, -0.2) is 12.8 Å². The van der Waals surface area contributed by atoms with Crippen LogP contribution in [-0.2, 0) is 0 Å². The molecule has 2 aromatic carbocycles. The van der Waals surface area contributed by atoms with Gasteiger partial charge in [-0.25, -0.2) is 0 Å². The summed E-state index contributed by atoms with van der Waals surface area (Å²) < 4.78 is 0. The molecule has 0 atom stereocenters. The molecule has 0 spiro atoms. The van der Waals surface area contributed by atoms with Crippen molar-refractivity contribution in [3.05, 3.63) is 77.9 Å². The number of ketones is 1. The lowest BCUT2D eigenvalue weighted by Crippen LogP contribution is -2.07. The number of benzene rings is 2. The van der Waals surface area contributed by atoms with Gasteiger partial charge in [0.1, 0.15) is 0 Å². The fourth-order valence-corrected chi connectivity index (χ4v) is 1.73. The van der Waals surface area contributed by atoms with Crippen molar-refractivity contribution in [1.82, 2.24) is 5.32 Å². The number of nitrogens with one attached hydrogen (secondary N) is 1. The molecule has 0 amide bonds. The molecule has 0 fully saturated rings. The highest BCUT2D eigenvalue weighted by Gasteiger charge is 2.04. The Morgan fingerprint density at radius 1 is 0.889 bits per heavy atom. The average Bonchev–Trinajstić information content (AvgIpc) is 2.46. The minimum absolute atomic E-state index is 0.00352. The molecule has 2 nitrogen and oxygen atoms in total. The highest BCUT2D eigenvalue weighted by atomic mass is 16.1. The molecule has 0 unspecified atom stereocenters. The lowest BCUT2D eigenvalue weighted by molar-refractivity contribution is 0.104. The van der Waals surface area contributed by atoms with Crippen molar-refractivity contribution >= 4 is 11.5 Å². The summed E-state index contributed by atoms with van der Waals surface area (Å²) in [4.78, 5) is 12.1. The molecule has 18 heavy (non-hydrogen) atoms. The first kappa shape index (κ1) is 12.1. The molecule has 0 aliphatic rings. The first-order chi connectivity index (χ1) is 8.81. The fourth-order valence-electron chi connectivity index (χ4n) is 1.73. The van der Waals surface area contributed by atoms with Crippen molar-refractivity contribution in [3.8, 4) is 0 Å². The van der Waals surface area contributed by atoms with Crippen LogP contribution < -0.4 is 5.32 Å². The zero-order valence-corrected chi connectivity index (χ0v) is 10.3. The van der Waals surface area contributed by atoms with Crippen LogP contribution in [0.15, 0.2) is 66.7 Å². The molecule has 0 aromatic heterocycles. The van der Waals surface area contributed by atoms with Crippen molar-refractivity contribution in [1.29, 1.82) is 0 Å². The summed E-state index contributed by atoms with van der Waals surface area (Å²) in [5.74, 6) is 0.00352. The van der Waals surface area contributed by atoms with Crippen molar-refractivity contribution in [2.24, 2.45) is 0 Å². The Morgan fingerprint density at radius 2 is 1.39 bits per heavy atom. The van der Waals surface area contributed by atoms with Crippen molar-refractivity contribution < 1.29 is 4.79 Å². The first-order valence-corrected chi connectivity index (χ1v) is 5.85. The van der Waals surface area contributed by atoms with E-state index in [9.17, 15) is 4.79 Å². The molecule has 1 N–H and O–H groups in total. The summed E-state index contributed by atoms with van der Waals surface area (Å²) in [7, 11) is 1.82. The number of hydrogen-bond donors (Lipinski definition) is 1. The molecular formula is C16H15NO. The van der Waals surface area contributed by atoms with E-state index < -0.39 is 0 Å². The normalized spacial score (nSPS) is 11.1. The lowest BCUT2D eigenvalue weighted by Gasteiger charge is -2.06. The second-order valence-corrected chi connectivity index (χ2v) is 3.90. The van der Waals surface area contributed by atoms with Gasteiger partial charge in [-0.05, 0) is 5.56 Å². The van der Waals surface area contributed by atoms with E-state index >= 15 is 0 Å². The van der Waals surface area contributed by atoms with Gasteiger partial charge in [0.05, 0.1) is 0 Å². The van der Waals surface area contributed by atoms with E-state index in [1.807, 2.05) is 67.7 Å². The Morgan fingerprint density at radius 3 is 1.89 bits per heavy atom. The number of allylic oxidation sites excluding steroid dienone is 1. The maximum atomic E-state index is 12.1. The SMILES string of the molecule is CN/C(=C/C(=O)c1ccccc1)c1ccccc1. The summed E-state index contributed by atoms with van der Waals surface area (Å²) in [5.41, 5.74) is 2.52. The molecule has 0 aliphatic carbocycles.